The number of sulfonamides is 1. The van der Waals surface area contributed by atoms with E-state index in [1.165, 1.54) is 22.6 Å². The highest BCUT2D eigenvalue weighted by molar-refractivity contribution is 7.89. The molecule has 0 radical (unpaired) electrons. The number of aryl methyl sites for hydroxylation is 2. The largest absolute Gasteiger partial charge is 0.377 e. The number of benzene rings is 1. The van der Waals surface area contributed by atoms with Gasteiger partial charge in [0.1, 0.15) is 0 Å². The molecule has 1 aromatic carbocycles. The van der Waals surface area contributed by atoms with Crippen molar-refractivity contribution in [2.75, 3.05) is 5.32 Å². The third kappa shape index (κ3) is 4.11. The van der Waals surface area contributed by atoms with Gasteiger partial charge in [-0.1, -0.05) is 6.92 Å². The quantitative estimate of drug-likeness (QED) is 0.598. The van der Waals surface area contributed by atoms with Gasteiger partial charge in [-0.2, -0.15) is 0 Å². The molecule has 0 amide bonds. The molecule has 0 aliphatic heterocycles. The summed E-state index contributed by atoms with van der Waals surface area (Å²) < 4.78 is 23.1. The monoisotopic (exact) mass is 369 g/mol. The average molecular weight is 369 g/mol. The fourth-order valence-electron chi connectivity index (χ4n) is 2.37. The Bertz CT molecular complexity index is 875. The van der Waals surface area contributed by atoms with Gasteiger partial charge in [-0.05, 0) is 38.0 Å². The molecule has 0 bridgehead atoms. The van der Waals surface area contributed by atoms with Crippen molar-refractivity contribution in [3.8, 4) is 0 Å². The lowest BCUT2D eigenvalue weighted by Gasteiger charge is -2.14. The third-order valence-corrected chi connectivity index (χ3v) is 6.06. The number of nitrogens with two attached hydrogens (primary N) is 1. The van der Waals surface area contributed by atoms with E-state index in [4.69, 9.17) is 5.14 Å². The molecule has 0 saturated carbocycles. The van der Waals surface area contributed by atoms with Gasteiger partial charge < -0.3 is 5.32 Å². The minimum Gasteiger partial charge on any atom is -0.377 e. The molecule has 1 heterocycles. The maximum Gasteiger partial charge on any atom is 0.272 e. The summed E-state index contributed by atoms with van der Waals surface area (Å²) in [6, 6.07) is 5.51. The van der Waals surface area contributed by atoms with Crippen LogP contribution < -0.4 is 10.5 Å². The number of non-ortho nitro benzene ring substituents is 1. The number of anilines is 1. The van der Waals surface area contributed by atoms with Crippen LogP contribution in [0, 0.1) is 17.0 Å². The summed E-state index contributed by atoms with van der Waals surface area (Å²) in [6.07, 6.45) is 0.940. The van der Waals surface area contributed by atoms with Gasteiger partial charge in [0.05, 0.1) is 15.9 Å². The van der Waals surface area contributed by atoms with Gasteiger partial charge in [-0.3, -0.25) is 10.1 Å². The zero-order valence-electron chi connectivity index (χ0n) is 13.6. The topological polar surface area (TPSA) is 115 Å². The fourth-order valence-corrected chi connectivity index (χ4v) is 4.06. The van der Waals surface area contributed by atoms with E-state index in [2.05, 4.69) is 18.3 Å². The smallest absolute Gasteiger partial charge is 0.272 e. The van der Waals surface area contributed by atoms with Crippen LogP contribution in [0.25, 0.3) is 0 Å². The molecule has 7 nitrogen and oxygen atoms in total. The summed E-state index contributed by atoms with van der Waals surface area (Å²) >= 11 is 1.67. The van der Waals surface area contributed by atoms with Crippen LogP contribution in [0.15, 0.2) is 29.2 Å². The number of nitrogens with one attached hydrogen (secondary N) is 1. The van der Waals surface area contributed by atoms with Crippen LogP contribution in [-0.2, 0) is 16.4 Å². The van der Waals surface area contributed by atoms with Gasteiger partial charge in [0.2, 0.25) is 10.0 Å². The molecule has 130 valence electrons. The molecule has 9 heteroatoms. The second kappa shape index (κ2) is 6.88. The molecule has 3 N–H and O–H groups in total. The molecule has 24 heavy (non-hydrogen) atoms. The Morgan fingerprint density at radius 3 is 2.50 bits per heavy atom. The predicted molar refractivity (Wildman–Crippen MR) is 94.9 cm³/mol. The Kier molecular flexibility index (Phi) is 5.26. The molecule has 0 fully saturated rings. The van der Waals surface area contributed by atoms with E-state index >= 15 is 0 Å². The number of thiophene rings is 1. The molecule has 2 rings (SSSR count). The van der Waals surface area contributed by atoms with Crippen LogP contribution in [-0.4, -0.2) is 13.3 Å². The lowest BCUT2D eigenvalue weighted by molar-refractivity contribution is -0.385. The van der Waals surface area contributed by atoms with Crippen molar-refractivity contribution in [2.24, 2.45) is 5.14 Å². The fraction of sp³-hybridized carbons (Fsp3) is 0.333. The van der Waals surface area contributed by atoms with Crippen molar-refractivity contribution >= 4 is 32.7 Å². The zero-order chi connectivity index (χ0) is 18.1. The highest BCUT2D eigenvalue weighted by atomic mass is 32.2. The molecule has 0 spiro atoms. The molecule has 2 aromatic rings. The maximum absolute atomic E-state index is 11.5. The summed E-state index contributed by atoms with van der Waals surface area (Å²) in [5.41, 5.74) is 1.22. The van der Waals surface area contributed by atoms with E-state index < -0.39 is 14.9 Å². The first-order valence-corrected chi connectivity index (χ1v) is 9.66. The van der Waals surface area contributed by atoms with Crippen molar-refractivity contribution in [2.45, 2.75) is 38.1 Å². The van der Waals surface area contributed by atoms with Gasteiger partial charge in [-0.25, -0.2) is 13.6 Å². The van der Waals surface area contributed by atoms with Crippen molar-refractivity contribution in [3.63, 3.8) is 0 Å². The van der Waals surface area contributed by atoms with Crippen molar-refractivity contribution in [1.29, 1.82) is 0 Å². The van der Waals surface area contributed by atoms with Crippen LogP contribution in [0.3, 0.4) is 0 Å². The molecule has 1 atom stereocenters. The SMILES string of the molecule is CCc1sc(C(C)Nc2cc([N+](=O)[O-])cc(S(N)(=O)=O)c2)cc1C. The molecule has 0 aliphatic carbocycles. The van der Waals surface area contributed by atoms with Crippen molar-refractivity contribution < 1.29 is 13.3 Å². The summed E-state index contributed by atoms with van der Waals surface area (Å²) in [4.78, 5) is 12.4. The molecule has 1 aromatic heterocycles. The first-order valence-electron chi connectivity index (χ1n) is 7.29. The Morgan fingerprint density at radius 2 is 2.00 bits per heavy atom. The summed E-state index contributed by atoms with van der Waals surface area (Å²) in [6.45, 7) is 6.04. The number of rotatable bonds is 6. The minimum atomic E-state index is -4.03. The lowest BCUT2D eigenvalue weighted by atomic mass is 10.2. The molecular weight excluding hydrogens is 350 g/mol. The van der Waals surface area contributed by atoms with E-state index in [9.17, 15) is 18.5 Å². The van der Waals surface area contributed by atoms with E-state index in [0.717, 1.165) is 17.4 Å². The summed E-state index contributed by atoms with van der Waals surface area (Å²) in [5, 5.41) is 19.2. The predicted octanol–water partition coefficient (Wildman–Crippen LogP) is 3.35. The molecule has 1 unspecified atom stereocenters. The van der Waals surface area contributed by atoms with E-state index in [1.807, 2.05) is 13.8 Å². The number of hydrogen-bond donors (Lipinski definition) is 2. The van der Waals surface area contributed by atoms with Crippen molar-refractivity contribution in [1.82, 2.24) is 0 Å². The number of nitro benzene ring substituents is 1. The highest BCUT2D eigenvalue weighted by Gasteiger charge is 2.18. The van der Waals surface area contributed by atoms with E-state index in [-0.39, 0.29) is 16.6 Å². The van der Waals surface area contributed by atoms with Gasteiger partial charge in [0, 0.05) is 27.6 Å². The Morgan fingerprint density at radius 1 is 1.33 bits per heavy atom. The van der Waals surface area contributed by atoms with E-state index in [1.54, 1.807) is 11.3 Å². The number of hydrogen-bond acceptors (Lipinski definition) is 6. The van der Waals surface area contributed by atoms with Crippen molar-refractivity contribution in [3.05, 3.63) is 49.7 Å². The van der Waals surface area contributed by atoms with Gasteiger partial charge in [0.25, 0.3) is 5.69 Å². The Labute approximate surface area is 144 Å². The highest BCUT2D eigenvalue weighted by Crippen LogP contribution is 2.31. The summed E-state index contributed by atoms with van der Waals surface area (Å²) in [7, 11) is -4.03. The molecule has 0 saturated heterocycles. The Balaban J connectivity index is 2.37. The first-order chi connectivity index (χ1) is 11.1. The number of nitrogens with zero attached hydrogens (tertiary/aromatic N) is 1. The average Bonchev–Trinajstić information content (AvgIpc) is 2.87. The number of primary sulfonamides is 1. The maximum atomic E-state index is 11.5. The van der Waals surface area contributed by atoms with Gasteiger partial charge >= 0.3 is 0 Å². The summed E-state index contributed by atoms with van der Waals surface area (Å²) in [5.74, 6) is 0. The standard InChI is InChI=1S/C15H19N3O4S2/c1-4-14-9(2)5-15(23-14)10(3)17-11-6-12(18(19)20)8-13(7-11)24(16,21)22/h5-8,10,17H,4H2,1-3H3,(H2,16,21,22). The van der Waals surface area contributed by atoms with Crippen LogP contribution in [0.4, 0.5) is 11.4 Å². The normalized spacial score (nSPS) is 12.8. The van der Waals surface area contributed by atoms with E-state index in [0.29, 0.717) is 5.69 Å². The van der Waals surface area contributed by atoms with Gasteiger partial charge in [0.15, 0.2) is 0 Å². The third-order valence-electron chi connectivity index (χ3n) is 3.60. The Hall–Kier alpha value is -1.97. The van der Waals surface area contributed by atoms with Crippen LogP contribution in [0.5, 0.6) is 0 Å². The second-order valence-corrected chi connectivity index (χ2v) is 8.22. The molecule has 0 aliphatic rings. The minimum absolute atomic E-state index is 0.121. The molecular formula is C15H19N3O4S2. The van der Waals surface area contributed by atoms with Crippen LogP contribution in [0.1, 0.15) is 35.2 Å². The second-order valence-electron chi connectivity index (χ2n) is 5.49. The number of nitro groups is 1. The first kappa shape index (κ1) is 18.4. The van der Waals surface area contributed by atoms with Crippen LogP contribution >= 0.6 is 11.3 Å². The lowest BCUT2D eigenvalue weighted by Crippen LogP contribution is -2.13. The van der Waals surface area contributed by atoms with Gasteiger partial charge in [-0.15, -0.1) is 11.3 Å². The van der Waals surface area contributed by atoms with Crippen LogP contribution in [0.2, 0.25) is 0 Å². The zero-order valence-corrected chi connectivity index (χ0v) is 15.2.